The monoisotopic (exact) mass is 363 g/mol. The number of allylic oxidation sites excluding steroid dienone is 1. The van der Waals surface area contributed by atoms with E-state index in [-0.39, 0.29) is 12.0 Å². The molecule has 1 amide bonds. The van der Waals surface area contributed by atoms with E-state index in [9.17, 15) is 9.59 Å². The van der Waals surface area contributed by atoms with Crippen LogP contribution in [0, 0.1) is 5.41 Å². The first-order valence-electron chi connectivity index (χ1n) is 9.15. The van der Waals surface area contributed by atoms with Crippen molar-refractivity contribution in [3.05, 3.63) is 83.9 Å². The summed E-state index contributed by atoms with van der Waals surface area (Å²) in [6, 6.07) is 19.5. The topological polar surface area (TPSA) is 46.6 Å². The third-order valence-electron chi connectivity index (χ3n) is 5.30. The molecule has 2 aromatic carbocycles. The number of hydrogen-bond donors (Lipinski definition) is 0. The van der Waals surface area contributed by atoms with Crippen LogP contribution in [0.25, 0.3) is 0 Å². The molecule has 0 spiro atoms. The van der Waals surface area contributed by atoms with E-state index in [4.69, 9.17) is 4.74 Å². The first-order chi connectivity index (χ1) is 13.1. The number of amides is 1. The zero-order chi connectivity index (χ0) is 19.3. The van der Waals surface area contributed by atoms with Crippen molar-refractivity contribution in [1.82, 2.24) is 4.90 Å². The first kappa shape index (κ1) is 18.9. The number of methoxy groups -OCH3 is 1. The predicted octanol–water partition coefficient (Wildman–Crippen LogP) is 4.57. The Kier molecular flexibility index (Phi) is 5.75. The number of hydrogen-bond acceptors (Lipinski definition) is 3. The molecule has 0 aromatic heterocycles. The summed E-state index contributed by atoms with van der Waals surface area (Å²) >= 11 is 0. The minimum absolute atomic E-state index is 0.147. The molecule has 3 atom stereocenters. The second-order valence-electron chi connectivity index (χ2n) is 7.26. The molecule has 4 heteroatoms. The number of nitrogens with zero attached hydrogens (tertiary/aromatic N) is 1. The van der Waals surface area contributed by atoms with Crippen LogP contribution in [0.3, 0.4) is 0 Å². The Labute approximate surface area is 160 Å². The van der Waals surface area contributed by atoms with Gasteiger partial charge in [0.25, 0.3) is 0 Å². The maximum Gasteiger partial charge on any atom is 0.410 e. The third kappa shape index (κ3) is 4.11. The van der Waals surface area contributed by atoms with E-state index in [1.54, 1.807) is 4.90 Å². The van der Waals surface area contributed by atoms with Crippen molar-refractivity contribution in [3.63, 3.8) is 0 Å². The van der Waals surface area contributed by atoms with Crippen molar-refractivity contribution in [1.29, 1.82) is 0 Å². The number of benzene rings is 2. The predicted molar refractivity (Wildman–Crippen MR) is 105 cm³/mol. The molecule has 4 nitrogen and oxygen atoms in total. The zero-order valence-corrected chi connectivity index (χ0v) is 15.7. The highest BCUT2D eigenvalue weighted by atomic mass is 16.5. The summed E-state index contributed by atoms with van der Waals surface area (Å²) in [7, 11) is 1.37. The van der Waals surface area contributed by atoms with Gasteiger partial charge in [-0.05, 0) is 17.5 Å². The molecule has 140 valence electrons. The Bertz CT molecular complexity index is 803. The molecular weight excluding hydrogens is 338 g/mol. The molecule has 0 saturated carbocycles. The number of carbonyl (C=O) groups excluding carboxylic acids is 2. The van der Waals surface area contributed by atoms with Gasteiger partial charge in [0.2, 0.25) is 0 Å². The lowest BCUT2D eigenvalue weighted by atomic mass is 9.70. The van der Waals surface area contributed by atoms with E-state index in [1.807, 2.05) is 61.5 Å². The van der Waals surface area contributed by atoms with Crippen molar-refractivity contribution in [3.8, 4) is 0 Å². The van der Waals surface area contributed by atoms with Crippen molar-refractivity contribution in [2.24, 2.45) is 5.41 Å². The van der Waals surface area contributed by atoms with Gasteiger partial charge in [-0.25, -0.2) is 4.79 Å². The van der Waals surface area contributed by atoms with Gasteiger partial charge in [-0.3, -0.25) is 4.90 Å². The smallest absolute Gasteiger partial charge is 0.410 e. The maximum absolute atomic E-state index is 12.5. The van der Waals surface area contributed by atoms with Gasteiger partial charge in [0, 0.05) is 17.9 Å². The molecule has 2 aromatic rings. The van der Waals surface area contributed by atoms with Crippen LogP contribution in [-0.4, -0.2) is 30.4 Å². The molecule has 0 N–H and O–H groups in total. The fourth-order valence-corrected chi connectivity index (χ4v) is 3.80. The molecule has 1 aliphatic rings. The van der Waals surface area contributed by atoms with Crippen LogP contribution < -0.4 is 0 Å². The van der Waals surface area contributed by atoms with E-state index < -0.39 is 11.5 Å². The summed E-state index contributed by atoms with van der Waals surface area (Å²) in [6.07, 6.45) is 5.28. The molecule has 0 heterocycles. The lowest BCUT2D eigenvalue weighted by Crippen LogP contribution is -2.50. The normalized spacial score (nSPS) is 24.2. The number of rotatable bonds is 5. The Balaban J connectivity index is 1.93. The Hall–Kier alpha value is -2.88. The highest BCUT2D eigenvalue weighted by molar-refractivity contribution is 5.71. The first-order valence-corrected chi connectivity index (χ1v) is 9.15. The molecule has 0 bridgehead atoms. The second-order valence-corrected chi connectivity index (χ2v) is 7.26. The van der Waals surface area contributed by atoms with E-state index >= 15 is 0 Å². The summed E-state index contributed by atoms with van der Waals surface area (Å²) < 4.78 is 5.02. The molecule has 0 saturated heterocycles. The average molecular weight is 363 g/mol. The Morgan fingerprint density at radius 1 is 1.11 bits per heavy atom. The average Bonchev–Trinajstić information content (AvgIpc) is 2.73. The molecule has 3 rings (SSSR count). The molecule has 27 heavy (non-hydrogen) atoms. The summed E-state index contributed by atoms with van der Waals surface area (Å²) in [6.45, 7) is 2.31. The van der Waals surface area contributed by atoms with Gasteiger partial charge >= 0.3 is 6.09 Å². The Morgan fingerprint density at radius 2 is 1.74 bits per heavy atom. The van der Waals surface area contributed by atoms with Gasteiger partial charge in [0.15, 0.2) is 0 Å². The highest BCUT2D eigenvalue weighted by Gasteiger charge is 2.43. The van der Waals surface area contributed by atoms with Crippen LogP contribution in [0.2, 0.25) is 0 Å². The van der Waals surface area contributed by atoms with E-state index in [0.717, 1.165) is 11.8 Å². The quantitative estimate of drug-likeness (QED) is 0.577. The van der Waals surface area contributed by atoms with E-state index in [2.05, 4.69) is 18.2 Å². The van der Waals surface area contributed by atoms with Gasteiger partial charge in [-0.1, -0.05) is 79.7 Å². The van der Waals surface area contributed by atoms with Crippen LogP contribution in [0.1, 0.15) is 30.4 Å². The van der Waals surface area contributed by atoms with Crippen LogP contribution in [-0.2, 0) is 16.1 Å². The fourth-order valence-electron chi connectivity index (χ4n) is 3.80. The minimum atomic E-state index is -0.696. The minimum Gasteiger partial charge on any atom is -0.453 e. The second kappa shape index (κ2) is 8.21. The van der Waals surface area contributed by atoms with Crippen molar-refractivity contribution in [2.75, 3.05) is 7.11 Å². The number of ether oxygens (including phenoxy) is 1. The largest absolute Gasteiger partial charge is 0.453 e. The summed E-state index contributed by atoms with van der Waals surface area (Å²) in [5.41, 5.74) is 1.47. The lowest BCUT2D eigenvalue weighted by molar-refractivity contribution is -0.118. The maximum atomic E-state index is 12.5. The van der Waals surface area contributed by atoms with Gasteiger partial charge in [0.05, 0.1) is 13.2 Å². The van der Waals surface area contributed by atoms with E-state index in [1.165, 1.54) is 12.7 Å². The SMILES string of the molecule is COC(=O)N(Cc1ccccc1)[C@H]1C=CC(c2ccccc2)C[C@@]1(C)C=O. The molecule has 0 aliphatic heterocycles. The van der Waals surface area contributed by atoms with Crippen LogP contribution in [0.4, 0.5) is 4.79 Å². The summed E-state index contributed by atoms with van der Waals surface area (Å²) in [5, 5.41) is 0. The standard InChI is InChI=1S/C23H25NO3/c1-23(17-25)15-20(19-11-7-4-8-12-19)13-14-21(23)24(22(26)27-2)16-18-9-5-3-6-10-18/h3-14,17,20-21H,15-16H2,1-2H3/t20?,21-,23-/m0/s1. The summed E-state index contributed by atoms with van der Waals surface area (Å²) in [5.74, 6) is 0.147. The van der Waals surface area contributed by atoms with Gasteiger partial charge in [-0.15, -0.1) is 0 Å². The molecule has 0 fully saturated rings. The van der Waals surface area contributed by atoms with Gasteiger partial charge < -0.3 is 9.53 Å². The Morgan fingerprint density at radius 3 is 2.33 bits per heavy atom. The van der Waals surface area contributed by atoms with Crippen LogP contribution in [0.15, 0.2) is 72.8 Å². The van der Waals surface area contributed by atoms with Gasteiger partial charge in [-0.2, -0.15) is 0 Å². The van der Waals surface area contributed by atoms with Crippen LogP contribution >= 0.6 is 0 Å². The number of carbonyl (C=O) groups is 2. The molecule has 0 radical (unpaired) electrons. The lowest BCUT2D eigenvalue weighted by Gasteiger charge is -2.43. The van der Waals surface area contributed by atoms with Gasteiger partial charge in [0.1, 0.15) is 6.29 Å². The molecule has 1 unspecified atom stereocenters. The fraction of sp³-hybridized carbons (Fsp3) is 0.304. The zero-order valence-electron chi connectivity index (χ0n) is 15.7. The highest BCUT2D eigenvalue weighted by Crippen LogP contribution is 2.41. The van der Waals surface area contributed by atoms with E-state index in [0.29, 0.717) is 13.0 Å². The third-order valence-corrected chi connectivity index (χ3v) is 5.30. The summed E-state index contributed by atoms with van der Waals surface area (Å²) in [4.78, 5) is 26.3. The number of aldehydes is 1. The van der Waals surface area contributed by atoms with Crippen molar-refractivity contribution < 1.29 is 14.3 Å². The van der Waals surface area contributed by atoms with Crippen molar-refractivity contribution in [2.45, 2.75) is 31.8 Å². The van der Waals surface area contributed by atoms with Crippen LogP contribution in [0.5, 0.6) is 0 Å². The molecule has 1 aliphatic carbocycles. The molecular formula is C23H25NO3. The van der Waals surface area contributed by atoms with Crippen molar-refractivity contribution >= 4 is 12.4 Å².